The fourth-order valence-electron chi connectivity index (χ4n) is 1.46. The first-order chi connectivity index (χ1) is 6.70. The molecule has 0 unspecified atom stereocenters. The van der Waals surface area contributed by atoms with Crippen LogP contribution in [0.2, 0.25) is 5.02 Å². The molecule has 0 spiro atoms. The second-order valence-corrected chi connectivity index (χ2v) is 3.35. The Morgan fingerprint density at radius 1 is 1.07 bits per heavy atom. The van der Waals surface area contributed by atoms with E-state index in [0.29, 0.717) is 10.4 Å². The first-order valence-electron chi connectivity index (χ1n) is 4.10. The normalized spacial score (nSPS) is 9.67. The average Bonchev–Trinajstić information content (AvgIpc) is 2.17. The van der Waals surface area contributed by atoms with Crippen LogP contribution >= 0.6 is 11.6 Å². The summed E-state index contributed by atoms with van der Waals surface area (Å²) in [7, 11) is 0. The molecule has 0 radical (unpaired) electrons. The number of rotatable bonds is 1. The Balaban J connectivity index is 0.00000112. The molecular weight excluding hydrogens is 269 g/mol. The van der Waals surface area contributed by atoms with Crippen LogP contribution in [0.3, 0.4) is 0 Å². The van der Waals surface area contributed by atoms with E-state index in [9.17, 15) is 4.79 Å². The molecule has 1 N–H and O–H groups in total. The number of carbonyl (C=O) groups is 1. The third kappa shape index (κ3) is 2.20. The van der Waals surface area contributed by atoms with E-state index in [1.54, 1.807) is 30.3 Å². The number of carboxylic acids is 1. The van der Waals surface area contributed by atoms with Gasteiger partial charge < -0.3 is 5.11 Å². The molecule has 0 saturated carbocycles. The molecule has 0 atom stereocenters. The van der Waals surface area contributed by atoms with Gasteiger partial charge >= 0.3 is 25.8 Å². The van der Waals surface area contributed by atoms with Gasteiger partial charge in [-0.2, -0.15) is 0 Å². The molecule has 15 heavy (non-hydrogen) atoms. The summed E-state index contributed by atoms with van der Waals surface area (Å²) in [6.45, 7) is 0. The number of hydrogen-bond acceptors (Lipinski definition) is 1. The van der Waals surface area contributed by atoms with E-state index in [-0.39, 0.29) is 25.4 Å². The van der Waals surface area contributed by atoms with E-state index in [2.05, 4.69) is 0 Å². The standard InChI is InChI=1S/C11H7ClO2.Ga.3H/c12-10-6-2-3-7-8(10)4-1-5-9(7)11(13)14;;;;/h1-6H,(H,13,14);;;;. The van der Waals surface area contributed by atoms with E-state index in [1.807, 2.05) is 6.07 Å². The predicted octanol–water partition coefficient (Wildman–Crippen LogP) is 2.01. The molecule has 2 aromatic carbocycles. The summed E-state index contributed by atoms with van der Waals surface area (Å²) >= 11 is 5.94. The maximum absolute atomic E-state index is 10.9. The maximum atomic E-state index is 10.9. The van der Waals surface area contributed by atoms with Gasteiger partial charge in [-0.1, -0.05) is 35.9 Å². The van der Waals surface area contributed by atoms with Crippen molar-refractivity contribution in [3.05, 3.63) is 47.0 Å². The quantitative estimate of drug-likeness (QED) is 0.811. The van der Waals surface area contributed by atoms with Gasteiger partial charge in [-0.25, -0.2) is 4.79 Å². The van der Waals surface area contributed by atoms with Gasteiger partial charge in [0.05, 0.1) is 5.56 Å². The number of carboxylic acid groups (broad SMARTS) is 1. The molecule has 0 saturated heterocycles. The molecule has 0 aromatic heterocycles. The third-order valence-electron chi connectivity index (χ3n) is 2.10. The molecule has 76 valence electrons. The predicted molar refractivity (Wildman–Crippen MR) is 65.9 cm³/mol. The minimum absolute atomic E-state index is 0. The fraction of sp³-hybridized carbons (Fsp3) is 0. The first kappa shape index (κ1) is 12.2. The van der Waals surface area contributed by atoms with Crippen molar-refractivity contribution in [1.29, 1.82) is 0 Å². The molecule has 0 aliphatic carbocycles. The molecule has 0 fully saturated rings. The van der Waals surface area contributed by atoms with Gasteiger partial charge in [0.1, 0.15) is 0 Å². The van der Waals surface area contributed by atoms with Crippen molar-refractivity contribution in [3.8, 4) is 0 Å². The molecule has 0 amide bonds. The summed E-state index contributed by atoms with van der Waals surface area (Å²) in [6, 6.07) is 10.3. The van der Waals surface area contributed by atoms with Crippen LogP contribution in [0.25, 0.3) is 10.8 Å². The molecule has 4 heteroatoms. The van der Waals surface area contributed by atoms with Crippen molar-refractivity contribution >= 4 is 48.1 Å². The summed E-state index contributed by atoms with van der Waals surface area (Å²) in [5.41, 5.74) is 0.282. The Morgan fingerprint density at radius 3 is 2.33 bits per heavy atom. The Morgan fingerprint density at radius 2 is 1.67 bits per heavy atom. The van der Waals surface area contributed by atoms with E-state index < -0.39 is 5.97 Å². The van der Waals surface area contributed by atoms with Crippen LogP contribution in [0.1, 0.15) is 10.4 Å². The van der Waals surface area contributed by atoms with Crippen LogP contribution < -0.4 is 0 Å². The summed E-state index contributed by atoms with van der Waals surface area (Å²) < 4.78 is 0. The van der Waals surface area contributed by atoms with Crippen LogP contribution in [0.15, 0.2) is 36.4 Å². The average molecular weight is 279 g/mol. The zero-order valence-corrected chi connectivity index (χ0v) is 7.95. The second kappa shape index (κ2) is 4.74. The van der Waals surface area contributed by atoms with Crippen LogP contribution in [-0.4, -0.2) is 30.9 Å². The molecular formula is C11H10ClGaO2. The van der Waals surface area contributed by atoms with Crippen LogP contribution in [0.5, 0.6) is 0 Å². The number of benzene rings is 2. The third-order valence-corrected chi connectivity index (χ3v) is 2.43. The Hall–Kier alpha value is -0.904. The molecule has 2 aromatic rings. The number of hydrogen-bond donors (Lipinski definition) is 1. The molecule has 0 aliphatic rings. The fourth-order valence-corrected chi connectivity index (χ4v) is 1.70. The number of halogens is 1. The van der Waals surface area contributed by atoms with Gasteiger partial charge in [0.2, 0.25) is 0 Å². The summed E-state index contributed by atoms with van der Waals surface area (Å²) in [4.78, 5) is 10.9. The van der Waals surface area contributed by atoms with Gasteiger partial charge in [0.25, 0.3) is 0 Å². The van der Waals surface area contributed by atoms with E-state index in [1.165, 1.54) is 0 Å². The van der Waals surface area contributed by atoms with Gasteiger partial charge in [-0.05, 0) is 17.5 Å². The van der Waals surface area contributed by atoms with E-state index in [4.69, 9.17) is 16.7 Å². The van der Waals surface area contributed by atoms with Crippen molar-refractivity contribution in [2.75, 3.05) is 0 Å². The zero-order valence-electron chi connectivity index (χ0n) is 7.20. The Kier molecular flexibility index (Phi) is 3.85. The number of aromatic carboxylic acids is 1. The Labute approximate surface area is 105 Å². The van der Waals surface area contributed by atoms with Gasteiger partial charge in [0.15, 0.2) is 0 Å². The van der Waals surface area contributed by atoms with Crippen molar-refractivity contribution in [2.24, 2.45) is 0 Å². The Bertz CT molecular complexity index is 511. The van der Waals surface area contributed by atoms with E-state index in [0.717, 1.165) is 5.39 Å². The zero-order chi connectivity index (χ0) is 10.1. The van der Waals surface area contributed by atoms with Crippen molar-refractivity contribution < 1.29 is 9.90 Å². The van der Waals surface area contributed by atoms with Gasteiger partial charge in [-0.15, -0.1) is 0 Å². The summed E-state index contributed by atoms with van der Waals surface area (Å²) in [5, 5.41) is 11.0. The first-order valence-corrected chi connectivity index (χ1v) is 4.48. The molecule has 0 bridgehead atoms. The van der Waals surface area contributed by atoms with Crippen LogP contribution in [0.4, 0.5) is 0 Å². The van der Waals surface area contributed by atoms with Crippen LogP contribution in [-0.2, 0) is 0 Å². The SMILES string of the molecule is O=C(O)c1cccc2c(Cl)cccc12.[GaH3]. The van der Waals surface area contributed by atoms with Crippen molar-refractivity contribution in [3.63, 3.8) is 0 Å². The van der Waals surface area contributed by atoms with Gasteiger partial charge in [-0.3, -0.25) is 0 Å². The van der Waals surface area contributed by atoms with Crippen molar-refractivity contribution in [1.82, 2.24) is 0 Å². The number of fused-ring (bicyclic) bond motifs is 1. The summed E-state index contributed by atoms with van der Waals surface area (Å²) in [6.07, 6.45) is 0. The van der Waals surface area contributed by atoms with E-state index >= 15 is 0 Å². The van der Waals surface area contributed by atoms with Crippen LogP contribution in [0, 0.1) is 0 Å². The van der Waals surface area contributed by atoms with Crippen molar-refractivity contribution in [2.45, 2.75) is 0 Å². The monoisotopic (exact) mass is 278 g/mol. The van der Waals surface area contributed by atoms with Gasteiger partial charge in [0, 0.05) is 10.4 Å². The minimum atomic E-state index is -0.933. The molecule has 0 heterocycles. The summed E-state index contributed by atoms with van der Waals surface area (Å²) in [5.74, 6) is -0.933. The molecule has 0 aliphatic heterocycles. The molecule has 2 nitrogen and oxygen atoms in total. The topological polar surface area (TPSA) is 37.3 Å². The molecule has 2 rings (SSSR count). The second-order valence-electron chi connectivity index (χ2n) is 2.95.